The van der Waals surface area contributed by atoms with Crippen molar-refractivity contribution in [2.45, 2.75) is 10.1 Å². The smallest absolute Gasteiger partial charge is 0.271 e. The molecule has 0 bridgehead atoms. The van der Waals surface area contributed by atoms with Crippen LogP contribution in [-0.2, 0) is 10.0 Å². The first-order valence-corrected chi connectivity index (χ1v) is 11.7. The number of rotatable bonds is 5. The minimum absolute atomic E-state index is 0.0244. The standard InChI is InChI=1S/C18H12F2IN3O3S2/c19-12-3-4-13(24-29(26,27)14-2-1-5-28-14)16(20)15(12)17(25)11-8-23-18-10(11)6-9(21)7-22-18/h1-7,11,24H,8H2,(H,22,23). The van der Waals surface area contributed by atoms with Gasteiger partial charge >= 0.3 is 0 Å². The van der Waals surface area contributed by atoms with Crippen LogP contribution in [0.3, 0.4) is 0 Å². The summed E-state index contributed by atoms with van der Waals surface area (Å²) in [7, 11) is -4.05. The summed E-state index contributed by atoms with van der Waals surface area (Å²) in [5.41, 5.74) is -0.727. The molecule has 4 rings (SSSR count). The van der Waals surface area contributed by atoms with E-state index < -0.39 is 44.6 Å². The van der Waals surface area contributed by atoms with Gasteiger partial charge in [0, 0.05) is 21.9 Å². The second kappa shape index (κ2) is 7.61. The highest BCUT2D eigenvalue weighted by Crippen LogP contribution is 2.35. The SMILES string of the molecule is O=C(c1c(F)ccc(NS(=O)(=O)c2cccs2)c1F)C1CNc2ncc(I)cc21. The second-order valence-electron chi connectivity index (χ2n) is 6.21. The number of carbonyl (C=O) groups excluding carboxylic acids is 1. The van der Waals surface area contributed by atoms with E-state index in [1.807, 2.05) is 22.6 Å². The fraction of sp³-hybridized carbons (Fsp3) is 0.111. The maximum atomic E-state index is 15.0. The molecule has 1 atom stereocenters. The number of nitrogens with one attached hydrogen (secondary N) is 2. The Morgan fingerprint density at radius 1 is 1.31 bits per heavy atom. The number of carbonyl (C=O) groups is 1. The van der Waals surface area contributed by atoms with Crippen molar-refractivity contribution in [3.63, 3.8) is 0 Å². The number of hydrogen-bond acceptors (Lipinski definition) is 6. The minimum atomic E-state index is -4.05. The van der Waals surface area contributed by atoms with Crippen LogP contribution in [0.15, 0.2) is 46.1 Å². The third kappa shape index (κ3) is 3.73. The summed E-state index contributed by atoms with van der Waals surface area (Å²) in [4.78, 5) is 17.2. The lowest BCUT2D eigenvalue weighted by molar-refractivity contribution is 0.0958. The Morgan fingerprint density at radius 2 is 2.10 bits per heavy atom. The maximum Gasteiger partial charge on any atom is 0.271 e. The van der Waals surface area contributed by atoms with E-state index in [0.29, 0.717) is 11.4 Å². The predicted octanol–water partition coefficient (Wildman–Crippen LogP) is 4.22. The van der Waals surface area contributed by atoms with Crippen molar-refractivity contribution in [2.75, 3.05) is 16.6 Å². The average Bonchev–Trinajstić information content (AvgIpc) is 3.34. The Kier molecular flexibility index (Phi) is 5.29. The van der Waals surface area contributed by atoms with Gasteiger partial charge in [-0.3, -0.25) is 9.52 Å². The summed E-state index contributed by atoms with van der Waals surface area (Å²) >= 11 is 2.99. The fourth-order valence-corrected chi connectivity index (χ4v) is 5.58. The number of hydrogen-bond donors (Lipinski definition) is 2. The maximum absolute atomic E-state index is 15.0. The van der Waals surface area contributed by atoms with Gasteiger partial charge in [0.05, 0.1) is 17.2 Å². The largest absolute Gasteiger partial charge is 0.369 e. The van der Waals surface area contributed by atoms with E-state index in [9.17, 15) is 17.6 Å². The number of ketones is 1. The predicted molar refractivity (Wildman–Crippen MR) is 114 cm³/mol. The third-order valence-corrected chi connectivity index (χ3v) is 7.74. The third-order valence-electron chi connectivity index (χ3n) is 4.39. The quantitative estimate of drug-likeness (QED) is 0.369. The molecule has 0 saturated heterocycles. The van der Waals surface area contributed by atoms with Gasteiger partial charge in [0.2, 0.25) is 0 Å². The number of fused-ring (bicyclic) bond motifs is 1. The van der Waals surface area contributed by atoms with E-state index in [-0.39, 0.29) is 10.8 Å². The molecule has 1 unspecified atom stereocenters. The van der Waals surface area contributed by atoms with Crippen LogP contribution in [-0.4, -0.2) is 25.7 Å². The van der Waals surface area contributed by atoms with Crippen LogP contribution in [0, 0.1) is 15.2 Å². The molecule has 0 amide bonds. The summed E-state index contributed by atoms with van der Waals surface area (Å²) in [5, 5.41) is 4.51. The minimum Gasteiger partial charge on any atom is -0.369 e. The van der Waals surface area contributed by atoms with E-state index in [1.165, 1.54) is 12.1 Å². The van der Waals surface area contributed by atoms with Gasteiger partial charge in [-0.15, -0.1) is 11.3 Å². The van der Waals surface area contributed by atoms with Gasteiger partial charge in [-0.2, -0.15) is 0 Å². The number of halogens is 3. The molecule has 3 heterocycles. The zero-order valence-electron chi connectivity index (χ0n) is 14.4. The number of anilines is 2. The van der Waals surface area contributed by atoms with Crippen LogP contribution in [0.25, 0.3) is 0 Å². The van der Waals surface area contributed by atoms with Crippen LogP contribution in [0.5, 0.6) is 0 Å². The monoisotopic (exact) mass is 547 g/mol. The first kappa shape index (κ1) is 20.2. The van der Waals surface area contributed by atoms with Gasteiger partial charge in [0.1, 0.15) is 15.8 Å². The molecule has 2 aromatic heterocycles. The summed E-state index contributed by atoms with van der Waals surface area (Å²) < 4.78 is 57.1. The summed E-state index contributed by atoms with van der Waals surface area (Å²) in [6.07, 6.45) is 1.61. The van der Waals surface area contributed by atoms with E-state index in [4.69, 9.17) is 0 Å². The van der Waals surface area contributed by atoms with E-state index in [2.05, 4.69) is 15.0 Å². The molecule has 0 aliphatic carbocycles. The van der Waals surface area contributed by atoms with Crippen molar-refractivity contribution in [3.8, 4) is 0 Å². The van der Waals surface area contributed by atoms with Gasteiger partial charge in [-0.25, -0.2) is 22.2 Å². The second-order valence-corrected chi connectivity index (χ2v) is 10.3. The van der Waals surface area contributed by atoms with Gasteiger partial charge in [0.15, 0.2) is 11.6 Å². The number of sulfonamides is 1. The average molecular weight is 547 g/mol. The lowest BCUT2D eigenvalue weighted by Gasteiger charge is -2.14. The molecule has 11 heteroatoms. The van der Waals surface area contributed by atoms with Crippen LogP contribution in [0.4, 0.5) is 20.3 Å². The van der Waals surface area contributed by atoms with Gasteiger partial charge in [-0.1, -0.05) is 6.07 Å². The normalized spacial score (nSPS) is 15.6. The first-order chi connectivity index (χ1) is 13.8. The van der Waals surface area contributed by atoms with Gasteiger partial charge in [-0.05, 0) is 52.2 Å². The molecule has 29 heavy (non-hydrogen) atoms. The fourth-order valence-electron chi connectivity index (χ4n) is 3.05. The molecule has 0 fully saturated rings. The molecule has 1 aliphatic rings. The highest BCUT2D eigenvalue weighted by molar-refractivity contribution is 14.1. The molecule has 6 nitrogen and oxygen atoms in total. The molecule has 3 aromatic rings. The zero-order valence-corrected chi connectivity index (χ0v) is 18.2. The number of aromatic nitrogens is 1. The van der Waals surface area contributed by atoms with Crippen molar-refractivity contribution in [1.82, 2.24) is 4.98 Å². The molecule has 1 aromatic carbocycles. The number of nitrogens with zero attached hydrogens (tertiary/aromatic N) is 1. The Morgan fingerprint density at radius 3 is 2.83 bits per heavy atom. The van der Waals surface area contributed by atoms with Gasteiger partial charge < -0.3 is 5.32 Å². The van der Waals surface area contributed by atoms with E-state index >= 15 is 4.39 Å². The Bertz CT molecular complexity index is 1220. The lowest BCUT2D eigenvalue weighted by atomic mass is 9.92. The summed E-state index contributed by atoms with van der Waals surface area (Å²) in [6.45, 7) is 0.144. The van der Waals surface area contributed by atoms with Crippen molar-refractivity contribution >= 4 is 61.2 Å². The number of thiophene rings is 1. The Balaban J connectivity index is 1.72. The van der Waals surface area contributed by atoms with Crippen molar-refractivity contribution < 1.29 is 22.0 Å². The van der Waals surface area contributed by atoms with E-state index in [0.717, 1.165) is 27.0 Å². The number of benzene rings is 1. The lowest BCUT2D eigenvalue weighted by Crippen LogP contribution is -2.20. The van der Waals surface area contributed by atoms with Crippen LogP contribution in [0.2, 0.25) is 0 Å². The number of Topliss-reactive ketones (excluding diaryl/α,β-unsaturated/α-hetero) is 1. The van der Waals surface area contributed by atoms with E-state index in [1.54, 1.807) is 17.6 Å². The number of pyridine rings is 1. The molecule has 1 aliphatic heterocycles. The molecule has 0 radical (unpaired) electrons. The van der Waals surface area contributed by atoms with Crippen molar-refractivity contribution in [1.29, 1.82) is 0 Å². The molecule has 0 saturated carbocycles. The molecular formula is C18H12F2IN3O3S2. The van der Waals surface area contributed by atoms with Crippen molar-refractivity contribution in [2.24, 2.45) is 0 Å². The Hall–Kier alpha value is -2.12. The topological polar surface area (TPSA) is 88.2 Å². The zero-order chi connectivity index (χ0) is 20.8. The van der Waals surface area contributed by atoms with Crippen LogP contribution in [0.1, 0.15) is 21.8 Å². The van der Waals surface area contributed by atoms with Crippen LogP contribution < -0.4 is 10.0 Å². The molecule has 2 N–H and O–H groups in total. The molecular weight excluding hydrogens is 535 g/mol. The molecule has 150 valence electrons. The molecule has 0 spiro atoms. The van der Waals surface area contributed by atoms with Crippen molar-refractivity contribution in [3.05, 3.63) is 68.2 Å². The Labute approximate surface area is 182 Å². The summed E-state index contributed by atoms with van der Waals surface area (Å²) in [5.74, 6) is -3.44. The highest BCUT2D eigenvalue weighted by atomic mass is 127. The first-order valence-electron chi connectivity index (χ1n) is 8.26. The van der Waals surface area contributed by atoms with Gasteiger partial charge in [0.25, 0.3) is 10.0 Å². The highest BCUT2D eigenvalue weighted by Gasteiger charge is 2.34. The summed E-state index contributed by atoms with van der Waals surface area (Å²) in [6, 6.07) is 6.45. The van der Waals surface area contributed by atoms with Crippen LogP contribution >= 0.6 is 33.9 Å².